The second-order valence-electron chi connectivity index (χ2n) is 5.22. The van der Waals surface area contributed by atoms with Crippen LogP contribution in [0.5, 0.6) is 0 Å². The average molecular weight is 307 g/mol. The second kappa shape index (κ2) is 8.14. The number of amides is 4. The van der Waals surface area contributed by atoms with E-state index >= 15 is 0 Å². The first kappa shape index (κ1) is 17.6. The summed E-state index contributed by atoms with van der Waals surface area (Å²) in [4.78, 5) is 37.8. The Morgan fingerprint density at radius 1 is 1.18 bits per heavy atom. The highest BCUT2D eigenvalue weighted by Gasteiger charge is 2.31. The molecule has 2 atom stereocenters. The molecule has 0 aliphatic heterocycles. The van der Waals surface area contributed by atoms with Crippen molar-refractivity contribution in [2.24, 2.45) is 0 Å². The molecule has 0 saturated heterocycles. The third-order valence-electron chi connectivity index (χ3n) is 3.28. The summed E-state index contributed by atoms with van der Waals surface area (Å²) < 4.78 is 0. The monoisotopic (exact) mass is 307 g/mol. The van der Waals surface area contributed by atoms with E-state index in [1.807, 2.05) is 18.2 Å². The number of hydrogen-bond donors (Lipinski definition) is 3. The molecular formula is C15H23N4O3+. The van der Waals surface area contributed by atoms with Crippen molar-refractivity contribution in [1.82, 2.24) is 15.5 Å². The van der Waals surface area contributed by atoms with Crippen LogP contribution >= 0.6 is 0 Å². The number of likely N-dealkylation sites (N-methyl/N-ethyl adjacent to an activating group) is 2. The van der Waals surface area contributed by atoms with Gasteiger partial charge < -0.3 is 15.1 Å². The van der Waals surface area contributed by atoms with Gasteiger partial charge in [0.25, 0.3) is 11.8 Å². The van der Waals surface area contributed by atoms with Gasteiger partial charge in [-0.05, 0) is 0 Å². The van der Waals surface area contributed by atoms with E-state index in [9.17, 15) is 14.4 Å². The van der Waals surface area contributed by atoms with E-state index in [1.165, 1.54) is 11.9 Å². The van der Waals surface area contributed by atoms with Gasteiger partial charge in [-0.1, -0.05) is 30.3 Å². The van der Waals surface area contributed by atoms with Crippen LogP contribution in [0.1, 0.15) is 11.6 Å². The van der Waals surface area contributed by atoms with Gasteiger partial charge in [0.2, 0.25) is 0 Å². The molecule has 3 N–H and O–H groups in total. The average Bonchev–Trinajstić information content (AvgIpc) is 2.48. The van der Waals surface area contributed by atoms with Crippen LogP contribution in [0.2, 0.25) is 0 Å². The van der Waals surface area contributed by atoms with Crippen molar-refractivity contribution in [3.8, 4) is 0 Å². The number of nitrogens with zero attached hydrogens (tertiary/aromatic N) is 1. The van der Waals surface area contributed by atoms with E-state index in [4.69, 9.17) is 0 Å². The summed E-state index contributed by atoms with van der Waals surface area (Å²) in [6, 6.07) is 7.86. The number of nitrogens with one attached hydrogen (secondary N) is 3. The van der Waals surface area contributed by atoms with Gasteiger partial charge in [0.15, 0.2) is 12.6 Å². The molecule has 1 rings (SSSR count). The minimum atomic E-state index is -0.651. The predicted molar refractivity (Wildman–Crippen MR) is 82.2 cm³/mol. The summed E-state index contributed by atoms with van der Waals surface area (Å²) in [6.45, 7) is 0.147. The summed E-state index contributed by atoms with van der Waals surface area (Å²) in [5, 5.41) is 4.62. The zero-order chi connectivity index (χ0) is 16.7. The molecule has 0 fully saturated rings. The Labute approximate surface area is 130 Å². The quantitative estimate of drug-likeness (QED) is 0.638. The number of imide groups is 1. The summed E-state index contributed by atoms with van der Waals surface area (Å²) in [7, 11) is 6.52. The molecule has 0 bridgehead atoms. The highest BCUT2D eigenvalue weighted by molar-refractivity contribution is 5.96. The number of urea groups is 1. The fourth-order valence-electron chi connectivity index (χ4n) is 2.05. The van der Waals surface area contributed by atoms with Gasteiger partial charge in [-0.2, -0.15) is 0 Å². The fraction of sp³-hybridized carbons (Fsp3) is 0.400. The molecule has 0 aliphatic rings. The highest BCUT2D eigenvalue weighted by Crippen LogP contribution is 2.09. The Bertz CT molecular complexity index is 531. The molecule has 1 aromatic carbocycles. The van der Waals surface area contributed by atoms with Crippen LogP contribution < -0.4 is 15.5 Å². The smallest absolute Gasteiger partial charge is 0.321 e. The van der Waals surface area contributed by atoms with Crippen molar-refractivity contribution in [2.75, 3.05) is 34.7 Å². The molecule has 0 aromatic heterocycles. The van der Waals surface area contributed by atoms with Gasteiger partial charge in [0.05, 0.1) is 7.05 Å². The number of carbonyl (C=O) groups is 3. The maximum atomic E-state index is 12.4. The van der Waals surface area contributed by atoms with Crippen LogP contribution in [0, 0.1) is 0 Å². The highest BCUT2D eigenvalue weighted by atomic mass is 16.2. The largest absolute Gasteiger partial charge is 0.344 e. The van der Waals surface area contributed by atoms with Crippen molar-refractivity contribution in [3.05, 3.63) is 35.9 Å². The van der Waals surface area contributed by atoms with Gasteiger partial charge in [0, 0.05) is 26.7 Å². The van der Waals surface area contributed by atoms with E-state index in [0.29, 0.717) is 4.90 Å². The first-order chi connectivity index (χ1) is 10.4. The maximum Gasteiger partial charge on any atom is 0.321 e. The topological polar surface area (TPSA) is 83.0 Å². The van der Waals surface area contributed by atoms with E-state index < -0.39 is 18.0 Å². The molecule has 0 aliphatic carbocycles. The molecule has 22 heavy (non-hydrogen) atoms. The van der Waals surface area contributed by atoms with Gasteiger partial charge in [-0.15, -0.1) is 0 Å². The lowest BCUT2D eigenvalue weighted by Gasteiger charge is -2.24. The van der Waals surface area contributed by atoms with Gasteiger partial charge in [-0.3, -0.25) is 14.9 Å². The maximum absolute atomic E-state index is 12.4. The van der Waals surface area contributed by atoms with Crippen LogP contribution in [0.3, 0.4) is 0 Å². The third-order valence-corrected chi connectivity index (χ3v) is 3.28. The van der Waals surface area contributed by atoms with Gasteiger partial charge in [0.1, 0.15) is 0 Å². The zero-order valence-corrected chi connectivity index (χ0v) is 13.3. The standard InChI is InChI=1S/C15H22N4O3/c1-16-15(22)17-14(21)13(11-8-6-5-7-9-11)19(4)10-12(20)18(2)3/h5-9,13H,10H2,1-4H3,(H2,16,17,21,22)/p+1/t13-/m0/s1. The summed E-state index contributed by atoms with van der Waals surface area (Å²) in [5.74, 6) is -0.541. The predicted octanol–water partition coefficient (Wildman–Crippen LogP) is -1.21. The summed E-state index contributed by atoms with van der Waals surface area (Å²) in [5.41, 5.74) is 0.743. The van der Waals surface area contributed by atoms with Crippen molar-refractivity contribution in [2.45, 2.75) is 6.04 Å². The van der Waals surface area contributed by atoms with E-state index in [0.717, 1.165) is 5.56 Å². The van der Waals surface area contributed by atoms with Crippen LogP contribution in [0.25, 0.3) is 0 Å². The minimum absolute atomic E-state index is 0.0915. The molecule has 0 spiro atoms. The van der Waals surface area contributed by atoms with Crippen LogP contribution in [0.4, 0.5) is 4.79 Å². The lowest BCUT2D eigenvalue weighted by Crippen LogP contribution is -3.11. The lowest BCUT2D eigenvalue weighted by atomic mass is 10.0. The Kier molecular flexibility index (Phi) is 6.52. The second-order valence-corrected chi connectivity index (χ2v) is 5.22. The normalized spacial score (nSPS) is 12.9. The van der Waals surface area contributed by atoms with Crippen molar-refractivity contribution >= 4 is 17.8 Å². The Balaban J connectivity index is 2.99. The molecule has 1 unspecified atom stereocenters. The Hall–Kier alpha value is -2.41. The lowest BCUT2D eigenvalue weighted by molar-refractivity contribution is -0.894. The number of rotatable bonds is 5. The number of hydrogen-bond acceptors (Lipinski definition) is 3. The van der Waals surface area contributed by atoms with Crippen molar-refractivity contribution in [3.63, 3.8) is 0 Å². The number of carbonyl (C=O) groups excluding carboxylic acids is 3. The molecular weight excluding hydrogens is 284 g/mol. The van der Waals surface area contributed by atoms with E-state index in [1.54, 1.807) is 33.3 Å². The Morgan fingerprint density at radius 3 is 2.27 bits per heavy atom. The van der Waals surface area contributed by atoms with Crippen molar-refractivity contribution < 1.29 is 19.3 Å². The fourth-order valence-corrected chi connectivity index (χ4v) is 2.05. The molecule has 1 aromatic rings. The zero-order valence-electron chi connectivity index (χ0n) is 13.3. The molecule has 7 heteroatoms. The van der Waals surface area contributed by atoms with Crippen LogP contribution in [-0.4, -0.2) is 57.5 Å². The Morgan fingerprint density at radius 2 is 1.77 bits per heavy atom. The molecule has 0 heterocycles. The minimum Gasteiger partial charge on any atom is -0.344 e. The SMILES string of the molecule is CNC(=O)NC(=O)[C@H](c1ccccc1)[NH+](C)CC(=O)N(C)C. The summed E-state index contributed by atoms with van der Waals surface area (Å²) in [6.07, 6.45) is 0. The van der Waals surface area contributed by atoms with Crippen LogP contribution in [0.15, 0.2) is 30.3 Å². The van der Waals surface area contributed by atoms with Crippen molar-refractivity contribution in [1.29, 1.82) is 0 Å². The first-order valence-corrected chi connectivity index (χ1v) is 6.96. The van der Waals surface area contributed by atoms with Gasteiger partial charge >= 0.3 is 6.03 Å². The van der Waals surface area contributed by atoms with E-state index in [2.05, 4.69) is 10.6 Å². The molecule has 120 valence electrons. The summed E-state index contributed by atoms with van der Waals surface area (Å²) >= 11 is 0. The molecule has 7 nitrogen and oxygen atoms in total. The van der Waals surface area contributed by atoms with E-state index in [-0.39, 0.29) is 12.5 Å². The van der Waals surface area contributed by atoms with Crippen LogP contribution in [-0.2, 0) is 9.59 Å². The van der Waals surface area contributed by atoms with Gasteiger partial charge in [-0.25, -0.2) is 4.79 Å². The third kappa shape index (κ3) is 4.85. The number of quaternary nitrogens is 1. The molecule has 4 amide bonds. The number of benzene rings is 1. The molecule has 0 saturated carbocycles. The first-order valence-electron chi connectivity index (χ1n) is 6.96. The molecule has 0 radical (unpaired) electrons.